The van der Waals surface area contributed by atoms with Gasteiger partial charge >= 0.3 is 12.4 Å². The van der Waals surface area contributed by atoms with Crippen molar-refractivity contribution in [3.05, 3.63) is 57.6 Å². The predicted octanol–water partition coefficient (Wildman–Crippen LogP) is 5.52. The number of benzene rings is 3. The Balaban J connectivity index is 2.85. The van der Waals surface area contributed by atoms with Gasteiger partial charge in [0.05, 0.1) is 33.4 Å². The van der Waals surface area contributed by atoms with Gasteiger partial charge in [-0.15, -0.1) is 0 Å². The summed E-state index contributed by atoms with van der Waals surface area (Å²) in [5.74, 6) is 0. The summed E-state index contributed by atoms with van der Waals surface area (Å²) in [4.78, 5) is 0. The molecule has 0 spiro atoms. The van der Waals surface area contributed by atoms with Crippen molar-refractivity contribution in [3.63, 3.8) is 0 Å². The van der Waals surface area contributed by atoms with Gasteiger partial charge in [0.2, 0.25) is 0 Å². The Morgan fingerprint density at radius 3 is 1.53 bits per heavy atom. The number of rotatable bonds is 0. The van der Waals surface area contributed by atoms with Crippen LogP contribution in [0, 0.1) is 45.3 Å². The Bertz CT molecular complexity index is 1400. The third kappa shape index (κ3) is 2.83. The predicted molar refractivity (Wildman–Crippen MR) is 90.3 cm³/mol. The summed E-state index contributed by atoms with van der Waals surface area (Å²) in [5.41, 5.74) is -6.44. The molecular weight excluding hydrogens is 410 g/mol. The summed E-state index contributed by atoms with van der Waals surface area (Å²) >= 11 is 0. The summed E-state index contributed by atoms with van der Waals surface area (Å²) in [5, 5.41) is 35.4. The fraction of sp³-hybridized carbons (Fsp3) is 0.100. The van der Waals surface area contributed by atoms with E-state index < -0.39 is 56.5 Å². The standard InChI is InChI=1S/C20H4F6N4/c21-19(22,23)15-4-2-9-1-3-10-11(5-27)12(6-28)13(7-29)14(8-30)17(10)16(9)18(15)20(24,25)26/h1-4H. The number of hydrogen-bond donors (Lipinski definition) is 0. The molecule has 10 heteroatoms. The van der Waals surface area contributed by atoms with E-state index in [1.54, 1.807) is 12.1 Å². The SMILES string of the molecule is N#Cc1c(C#N)c(C#N)c2c(ccc3ccc(C(F)(F)F)c(C(F)(F)F)c32)c1C#N. The second-order valence-electron chi connectivity index (χ2n) is 6.02. The maximum atomic E-state index is 13.8. The van der Waals surface area contributed by atoms with Crippen LogP contribution in [0.3, 0.4) is 0 Å². The second-order valence-corrected chi connectivity index (χ2v) is 6.02. The molecule has 30 heavy (non-hydrogen) atoms. The van der Waals surface area contributed by atoms with E-state index in [9.17, 15) is 47.4 Å². The topological polar surface area (TPSA) is 95.2 Å². The monoisotopic (exact) mass is 414 g/mol. The molecule has 0 amide bonds. The third-order valence-corrected chi connectivity index (χ3v) is 4.49. The molecule has 0 aliphatic heterocycles. The van der Waals surface area contributed by atoms with Crippen LogP contribution in [-0.2, 0) is 12.4 Å². The zero-order valence-corrected chi connectivity index (χ0v) is 14.4. The lowest BCUT2D eigenvalue weighted by molar-refractivity contribution is -0.161. The molecule has 0 N–H and O–H groups in total. The molecule has 0 unspecified atom stereocenters. The first-order valence-electron chi connectivity index (χ1n) is 7.85. The Morgan fingerprint density at radius 1 is 0.567 bits per heavy atom. The van der Waals surface area contributed by atoms with E-state index in [0.717, 1.165) is 18.2 Å². The Kier molecular flexibility index (Phi) is 4.54. The minimum atomic E-state index is -5.47. The molecule has 146 valence electrons. The van der Waals surface area contributed by atoms with Crippen molar-refractivity contribution in [2.75, 3.05) is 0 Å². The lowest BCUT2D eigenvalue weighted by atomic mass is 9.85. The van der Waals surface area contributed by atoms with E-state index in [2.05, 4.69) is 0 Å². The second kappa shape index (κ2) is 6.65. The molecule has 3 aromatic carbocycles. The highest BCUT2D eigenvalue weighted by atomic mass is 19.4. The van der Waals surface area contributed by atoms with Crippen LogP contribution in [0.25, 0.3) is 21.5 Å². The van der Waals surface area contributed by atoms with Gasteiger partial charge in [0.15, 0.2) is 0 Å². The number of nitrogens with zero attached hydrogens (tertiary/aromatic N) is 4. The van der Waals surface area contributed by atoms with Crippen molar-refractivity contribution in [2.24, 2.45) is 0 Å². The molecule has 0 saturated carbocycles. The molecule has 0 bridgehead atoms. The van der Waals surface area contributed by atoms with Crippen LogP contribution in [0.4, 0.5) is 26.3 Å². The summed E-state index contributed by atoms with van der Waals surface area (Å²) in [6, 6.07) is 9.45. The molecule has 3 rings (SSSR count). The molecule has 0 aliphatic carbocycles. The van der Waals surface area contributed by atoms with Gasteiger partial charge in [-0.3, -0.25) is 0 Å². The van der Waals surface area contributed by atoms with Gasteiger partial charge in [-0.25, -0.2) is 0 Å². The van der Waals surface area contributed by atoms with Gasteiger partial charge in [0.1, 0.15) is 24.3 Å². The molecule has 0 atom stereocenters. The summed E-state index contributed by atoms with van der Waals surface area (Å²) in [6.07, 6.45) is -10.8. The van der Waals surface area contributed by atoms with Crippen molar-refractivity contribution >= 4 is 21.5 Å². The van der Waals surface area contributed by atoms with E-state index in [1.807, 2.05) is 0 Å². The smallest absolute Gasteiger partial charge is 0.192 e. The fourth-order valence-corrected chi connectivity index (χ4v) is 3.38. The van der Waals surface area contributed by atoms with Crippen molar-refractivity contribution in [2.45, 2.75) is 12.4 Å². The van der Waals surface area contributed by atoms with E-state index in [-0.39, 0.29) is 16.8 Å². The lowest BCUT2D eigenvalue weighted by Gasteiger charge is -2.20. The Labute approximate surface area is 164 Å². The lowest BCUT2D eigenvalue weighted by Crippen LogP contribution is -2.17. The zero-order chi connectivity index (χ0) is 22.4. The van der Waals surface area contributed by atoms with Gasteiger partial charge in [0.25, 0.3) is 0 Å². The number of fused-ring (bicyclic) bond motifs is 3. The van der Waals surface area contributed by atoms with E-state index >= 15 is 0 Å². The summed E-state index contributed by atoms with van der Waals surface area (Å²) in [6.45, 7) is 0. The van der Waals surface area contributed by atoms with E-state index in [4.69, 9.17) is 0 Å². The molecule has 3 aromatic rings. The number of alkyl halides is 6. The third-order valence-electron chi connectivity index (χ3n) is 4.49. The van der Waals surface area contributed by atoms with Gasteiger partial charge in [-0.05, 0) is 11.5 Å². The summed E-state index contributed by atoms with van der Waals surface area (Å²) < 4.78 is 81.6. The van der Waals surface area contributed by atoms with Gasteiger partial charge in [0, 0.05) is 16.2 Å². The van der Waals surface area contributed by atoms with Crippen LogP contribution < -0.4 is 0 Å². The van der Waals surface area contributed by atoms with Crippen LogP contribution in [-0.4, -0.2) is 0 Å². The molecule has 0 radical (unpaired) electrons. The molecule has 0 saturated heterocycles. The maximum Gasteiger partial charge on any atom is 0.417 e. The van der Waals surface area contributed by atoms with E-state index in [0.29, 0.717) is 0 Å². The highest BCUT2D eigenvalue weighted by Crippen LogP contribution is 2.47. The average Bonchev–Trinajstić information content (AvgIpc) is 2.68. The van der Waals surface area contributed by atoms with Gasteiger partial charge in [-0.1, -0.05) is 18.2 Å². The highest BCUT2D eigenvalue weighted by Gasteiger charge is 2.45. The van der Waals surface area contributed by atoms with Crippen LogP contribution in [0.15, 0.2) is 24.3 Å². The number of hydrogen-bond acceptors (Lipinski definition) is 4. The summed E-state index contributed by atoms with van der Waals surface area (Å²) in [7, 11) is 0. The molecule has 0 aromatic heterocycles. The molecular formula is C20H4F6N4. The van der Waals surface area contributed by atoms with Crippen LogP contribution >= 0.6 is 0 Å². The number of halogens is 6. The van der Waals surface area contributed by atoms with Crippen LogP contribution in [0.1, 0.15) is 33.4 Å². The van der Waals surface area contributed by atoms with Crippen molar-refractivity contribution < 1.29 is 26.3 Å². The van der Waals surface area contributed by atoms with E-state index in [1.165, 1.54) is 12.1 Å². The minimum absolute atomic E-state index is 0.281. The molecule has 0 aliphatic rings. The first kappa shape index (κ1) is 20.5. The maximum absolute atomic E-state index is 13.8. The quantitative estimate of drug-likeness (QED) is 0.358. The minimum Gasteiger partial charge on any atom is -0.192 e. The van der Waals surface area contributed by atoms with Crippen molar-refractivity contribution in [1.82, 2.24) is 0 Å². The van der Waals surface area contributed by atoms with Crippen molar-refractivity contribution in [1.29, 1.82) is 21.0 Å². The average molecular weight is 414 g/mol. The Morgan fingerprint density at radius 2 is 1.07 bits per heavy atom. The first-order chi connectivity index (χ1) is 14.0. The first-order valence-corrected chi connectivity index (χ1v) is 7.85. The zero-order valence-electron chi connectivity index (χ0n) is 14.4. The molecule has 4 nitrogen and oxygen atoms in total. The van der Waals surface area contributed by atoms with Gasteiger partial charge in [-0.2, -0.15) is 47.4 Å². The van der Waals surface area contributed by atoms with Crippen LogP contribution in [0.5, 0.6) is 0 Å². The fourth-order valence-electron chi connectivity index (χ4n) is 3.38. The molecule has 0 heterocycles. The molecule has 0 fully saturated rings. The van der Waals surface area contributed by atoms with Gasteiger partial charge < -0.3 is 0 Å². The largest absolute Gasteiger partial charge is 0.417 e. The van der Waals surface area contributed by atoms with Crippen LogP contribution in [0.2, 0.25) is 0 Å². The normalized spacial score (nSPS) is 11.5. The number of nitriles is 4. The van der Waals surface area contributed by atoms with Crippen molar-refractivity contribution in [3.8, 4) is 24.3 Å². The highest BCUT2D eigenvalue weighted by molar-refractivity contribution is 6.15. The Hall–Kier alpha value is -4.28.